The van der Waals surface area contributed by atoms with E-state index in [4.69, 9.17) is 5.73 Å². The highest BCUT2D eigenvalue weighted by molar-refractivity contribution is 4.87. The second-order valence-electron chi connectivity index (χ2n) is 6.92. The third kappa shape index (κ3) is 3.23. The quantitative estimate of drug-likeness (QED) is 0.770. The Bertz CT molecular complexity index is 204. The molecule has 1 fully saturated rings. The first-order chi connectivity index (χ1) is 7.40. The molecule has 0 saturated heterocycles. The van der Waals surface area contributed by atoms with Gasteiger partial charge >= 0.3 is 0 Å². The minimum Gasteiger partial charge on any atom is -0.330 e. The van der Waals surface area contributed by atoms with E-state index in [2.05, 4.69) is 34.6 Å². The van der Waals surface area contributed by atoms with E-state index >= 15 is 0 Å². The van der Waals surface area contributed by atoms with Gasteiger partial charge in [0, 0.05) is 0 Å². The average molecular weight is 225 g/mol. The second kappa shape index (κ2) is 5.53. The first-order valence-electron chi connectivity index (χ1n) is 7.10. The van der Waals surface area contributed by atoms with Crippen LogP contribution in [0, 0.1) is 29.1 Å². The molecule has 16 heavy (non-hydrogen) atoms. The summed E-state index contributed by atoms with van der Waals surface area (Å²) < 4.78 is 0. The Labute approximate surface area is 102 Å². The van der Waals surface area contributed by atoms with Crippen LogP contribution in [-0.4, -0.2) is 6.54 Å². The molecule has 1 saturated carbocycles. The van der Waals surface area contributed by atoms with Gasteiger partial charge in [-0.15, -0.1) is 0 Å². The minimum atomic E-state index is 0.477. The molecule has 4 atom stereocenters. The molecule has 0 aromatic rings. The molecule has 0 spiro atoms. The molecule has 0 amide bonds. The van der Waals surface area contributed by atoms with Crippen molar-refractivity contribution in [3.8, 4) is 0 Å². The van der Waals surface area contributed by atoms with Gasteiger partial charge in [-0.25, -0.2) is 0 Å². The molecule has 0 bridgehead atoms. The Balaban J connectivity index is 2.69. The smallest absolute Gasteiger partial charge is 0.00461 e. The molecule has 4 unspecified atom stereocenters. The van der Waals surface area contributed by atoms with Crippen molar-refractivity contribution in [2.45, 2.75) is 60.3 Å². The predicted molar refractivity (Wildman–Crippen MR) is 72.3 cm³/mol. The van der Waals surface area contributed by atoms with Crippen LogP contribution in [0.1, 0.15) is 60.3 Å². The first-order valence-corrected chi connectivity index (χ1v) is 7.10. The molecule has 1 aliphatic rings. The molecular weight excluding hydrogens is 194 g/mol. The molecule has 0 aromatic carbocycles. The Morgan fingerprint density at radius 1 is 1.25 bits per heavy atom. The maximum atomic E-state index is 5.94. The SMILES string of the molecule is CCC(C)C1CC(C(C)(C)C)CCC1CN. The third-order valence-corrected chi connectivity index (χ3v) is 4.95. The molecular formula is C15H31N. The average Bonchev–Trinajstić information content (AvgIpc) is 2.25. The monoisotopic (exact) mass is 225 g/mol. The summed E-state index contributed by atoms with van der Waals surface area (Å²) in [5, 5.41) is 0. The van der Waals surface area contributed by atoms with Crippen molar-refractivity contribution in [1.82, 2.24) is 0 Å². The molecule has 0 aliphatic heterocycles. The van der Waals surface area contributed by atoms with Crippen LogP contribution in [0.15, 0.2) is 0 Å². The van der Waals surface area contributed by atoms with Gasteiger partial charge in [-0.05, 0) is 54.9 Å². The highest BCUT2D eigenvalue weighted by Gasteiger charge is 2.36. The van der Waals surface area contributed by atoms with E-state index in [0.717, 1.165) is 30.2 Å². The minimum absolute atomic E-state index is 0.477. The fourth-order valence-electron chi connectivity index (χ4n) is 3.35. The second-order valence-corrected chi connectivity index (χ2v) is 6.92. The zero-order chi connectivity index (χ0) is 12.3. The van der Waals surface area contributed by atoms with Crippen LogP contribution in [0.25, 0.3) is 0 Å². The summed E-state index contributed by atoms with van der Waals surface area (Å²) >= 11 is 0. The summed E-state index contributed by atoms with van der Waals surface area (Å²) in [4.78, 5) is 0. The topological polar surface area (TPSA) is 26.0 Å². The van der Waals surface area contributed by atoms with Crippen molar-refractivity contribution in [1.29, 1.82) is 0 Å². The zero-order valence-electron chi connectivity index (χ0n) is 11.9. The zero-order valence-corrected chi connectivity index (χ0v) is 11.9. The molecule has 1 heteroatoms. The summed E-state index contributed by atoms with van der Waals surface area (Å²) in [6.45, 7) is 12.8. The lowest BCUT2D eigenvalue weighted by atomic mass is 9.62. The largest absolute Gasteiger partial charge is 0.330 e. The van der Waals surface area contributed by atoms with E-state index in [-0.39, 0.29) is 0 Å². The van der Waals surface area contributed by atoms with E-state index in [1.165, 1.54) is 25.7 Å². The first kappa shape index (κ1) is 14.0. The van der Waals surface area contributed by atoms with Gasteiger partial charge < -0.3 is 5.73 Å². The Morgan fingerprint density at radius 2 is 1.88 bits per heavy atom. The summed E-state index contributed by atoms with van der Waals surface area (Å²) in [5.74, 6) is 3.40. The Morgan fingerprint density at radius 3 is 2.31 bits per heavy atom. The van der Waals surface area contributed by atoms with Crippen molar-refractivity contribution in [2.24, 2.45) is 34.8 Å². The van der Waals surface area contributed by atoms with Crippen LogP contribution >= 0.6 is 0 Å². The number of rotatable bonds is 3. The van der Waals surface area contributed by atoms with Crippen LogP contribution in [0.5, 0.6) is 0 Å². The summed E-state index contributed by atoms with van der Waals surface area (Å²) in [7, 11) is 0. The van der Waals surface area contributed by atoms with Gasteiger partial charge in [-0.1, -0.05) is 41.0 Å². The molecule has 1 nitrogen and oxygen atoms in total. The lowest BCUT2D eigenvalue weighted by Gasteiger charge is -2.43. The van der Waals surface area contributed by atoms with Crippen molar-refractivity contribution in [2.75, 3.05) is 6.54 Å². The molecule has 0 aromatic heterocycles. The third-order valence-electron chi connectivity index (χ3n) is 4.95. The molecule has 1 rings (SSSR count). The maximum Gasteiger partial charge on any atom is -0.00461 e. The van der Waals surface area contributed by atoms with E-state index in [9.17, 15) is 0 Å². The van der Waals surface area contributed by atoms with Gasteiger partial charge in [0.15, 0.2) is 0 Å². The number of hydrogen-bond donors (Lipinski definition) is 1. The van der Waals surface area contributed by atoms with Crippen LogP contribution in [0.2, 0.25) is 0 Å². The maximum absolute atomic E-state index is 5.94. The molecule has 2 N–H and O–H groups in total. The van der Waals surface area contributed by atoms with E-state index in [1.54, 1.807) is 0 Å². The van der Waals surface area contributed by atoms with Crippen molar-refractivity contribution in [3.63, 3.8) is 0 Å². The van der Waals surface area contributed by atoms with E-state index in [0.29, 0.717) is 5.41 Å². The summed E-state index contributed by atoms with van der Waals surface area (Å²) in [6.07, 6.45) is 5.45. The van der Waals surface area contributed by atoms with Crippen LogP contribution < -0.4 is 5.73 Å². The van der Waals surface area contributed by atoms with Crippen LogP contribution in [0.3, 0.4) is 0 Å². The Hall–Kier alpha value is -0.0400. The number of hydrogen-bond acceptors (Lipinski definition) is 1. The van der Waals surface area contributed by atoms with Gasteiger partial charge in [-0.3, -0.25) is 0 Å². The van der Waals surface area contributed by atoms with E-state index < -0.39 is 0 Å². The summed E-state index contributed by atoms with van der Waals surface area (Å²) in [5.41, 5.74) is 6.42. The lowest BCUT2D eigenvalue weighted by molar-refractivity contribution is 0.0708. The molecule has 96 valence electrons. The highest BCUT2D eigenvalue weighted by atomic mass is 14.6. The Kier molecular flexibility index (Phi) is 4.85. The molecule has 1 aliphatic carbocycles. The lowest BCUT2D eigenvalue weighted by Crippen LogP contribution is -2.37. The van der Waals surface area contributed by atoms with E-state index in [1.807, 2.05) is 0 Å². The highest BCUT2D eigenvalue weighted by Crippen LogP contribution is 2.45. The molecule has 0 heterocycles. The number of nitrogens with two attached hydrogens (primary N) is 1. The predicted octanol–water partition coefficient (Wildman–Crippen LogP) is 4.07. The fourth-order valence-corrected chi connectivity index (χ4v) is 3.35. The van der Waals surface area contributed by atoms with Crippen LogP contribution in [0.4, 0.5) is 0 Å². The van der Waals surface area contributed by atoms with Crippen molar-refractivity contribution < 1.29 is 0 Å². The van der Waals surface area contributed by atoms with Gasteiger partial charge in [0.1, 0.15) is 0 Å². The van der Waals surface area contributed by atoms with Gasteiger partial charge in [0.05, 0.1) is 0 Å². The molecule has 0 radical (unpaired) electrons. The standard InChI is InChI=1S/C15H31N/c1-6-11(2)14-9-13(15(3,4)5)8-7-12(14)10-16/h11-14H,6-10,16H2,1-5H3. The van der Waals surface area contributed by atoms with Gasteiger partial charge in [0.2, 0.25) is 0 Å². The van der Waals surface area contributed by atoms with Crippen molar-refractivity contribution >= 4 is 0 Å². The van der Waals surface area contributed by atoms with Crippen LogP contribution in [-0.2, 0) is 0 Å². The van der Waals surface area contributed by atoms with Gasteiger partial charge in [0.25, 0.3) is 0 Å². The van der Waals surface area contributed by atoms with Gasteiger partial charge in [-0.2, -0.15) is 0 Å². The summed E-state index contributed by atoms with van der Waals surface area (Å²) in [6, 6.07) is 0. The normalized spacial score (nSPS) is 33.8. The van der Waals surface area contributed by atoms with Crippen molar-refractivity contribution in [3.05, 3.63) is 0 Å². The fraction of sp³-hybridized carbons (Fsp3) is 1.00.